The first-order valence-electron chi connectivity index (χ1n) is 18.1. The van der Waals surface area contributed by atoms with E-state index in [4.69, 9.17) is 16.6 Å². The number of carbonyl (C=O) groups excluding carboxylic acids is 4. The third-order valence-corrected chi connectivity index (χ3v) is 11.5. The lowest BCUT2D eigenvalue weighted by Gasteiger charge is -2.40. The molecule has 3 aromatic heterocycles. The van der Waals surface area contributed by atoms with Crippen molar-refractivity contribution in [1.29, 1.82) is 0 Å². The predicted molar refractivity (Wildman–Crippen MR) is 202 cm³/mol. The summed E-state index contributed by atoms with van der Waals surface area (Å²) in [6.45, 7) is 6.01. The second-order valence-electron chi connectivity index (χ2n) is 14.3. The normalized spacial score (nSPS) is 18.8. The Morgan fingerprint density at radius 1 is 0.811 bits per heavy atom. The Bertz CT molecular complexity index is 2330. The summed E-state index contributed by atoms with van der Waals surface area (Å²) in [6, 6.07) is 15.0. The average Bonchev–Trinajstić information content (AvgIpc) is 3.61. The van der Waals surface area contributed by atoms with Gasteiger partial charge in [0, 0.05) is 99.7 Å². The van der Waals surface area contributed by atoms with Crippen LogP contribution in [0, 0.1) is 5.92 Å². The van der Waals surface area contributed by atoms with E-state index >= 15 is 0 Å². The van der Waals surface area contributed by atoms with Crippen molar-refractivity contribution >= 4 is 68.7 Å². The number of aryl methyl sites for hydroxylation is 1. The van der Waals surface area contributed by atoms with Gasteiger partial charge in [-0.25, -0.2) is 14.8 Å². The van der Waals surface area contributed by atoms with Crippen molar-refractivity contribution in [2.24, 2.45) is 13.0 Å². The number of imide groups is 2. The zero-order valence-electron chi connectivity index (χ0n) is 29.3. The first kappa shape index (κ1) is 33.3. The number of benzene rings is 2. The van der Waals surface area contributed by atoms with Crippen molar-refractivity contribution in [1.82, 2.24) is 34.8 Å². The number of amides is 5. The van der Waals surface area contributed by atoms with E-state index in [2.05, 4.69) is 54.8 Å². The smallest absolute Gasteiger partial charge is 0.343 e. The van der Waals surface area contributed by atoms with E-state index in [1.807, 2.05) is 36.8 Å². The van der Waals surface area contributed by atoms with E-state index < -0.39 is 23.8 Å². The van der Waals surface area contributed by atoms with E-state index in [1.54, 1.807) is 12.1 Å². The van der Waals surface area contributed by atoms with Crippen molar-refractivity contribution in [2.45, 2.75) is 19.3 Å². The van der Waals surface area contributed by atoms with Crippen LogP contribution in [0.3, 0.4) is 0 Å². The number of aromatic nitrogens is 3. The summed E-state index contributed by atoms with van der Waals surface area (Å²) in [4.78, 5) is 67.1. The van der Waals surface area contributed by atoms with Gasteiger partial charge >= 0.3 is 6.03 Å². The fourth-order valence-electron chi connectivity index (χ4n) is 8.40. The van der Waals surface area contributed by atoms with Crippen LogP contribution in [-0.2, 0) is 11.8 Å². The second kappa shape index (κ2) is 13.2. The number of anilines is 2. The number of nitrogens with zero attached hydrogens (tertiary/aromatic N) is 8. The number of pyridine rings is 2. The Kier molecular flexibility index (Phi) is 8.27. The monoisotopic (exact) mass is 731 g/mol. The van der Waals surface area contributed by atoms with Crippen LogP contribution in [0.25, 0.3) is 32.9 Å². The molecule has 13 nitrogen and oxygen atoms in total. The van der Waals surface area contributed by atoms with E-state index in [0.717, 1.165) is 102 Å². The van der Waals surface area contributed by atoms with Crippen LogP contribution >= 0.6 is 11.6 Å². The van der Waals surface area contributed by atoms with E-state index in [1.165, 1.54) is 5.39 Å². The lowest BCUT2D eigenvalue weighted by Crippen LogP contribution is -2.58. The zero-order chi connectivity index (χ0) is 36.4. The molecule has 2 aromatic carbocycles. The van der Waals surface area contributed by atoms with Crippen molar-refractivity contribution in [2.75, 3.05) is 62.2 Å². The molecule has 0 radical (unpaired) electrons. The van der Waals surface area contributed by atoms with Crippen molar-refractivity contribution in [3.05, 3.63) is 83.3 Å². The van der Waals surface area contributed by atoms with Crippen molar-refractivity contribution < 1.29 is 19.2 Å². The Labute approximate surface area is 310 Å². The van der Waals surface area contributed by atoms with E-state index in [0.29, 0.717) is 22.2 Å². The SMILES string of the molecule is Cn1c2ccncc2c2ccc(-c3cnc(N4CCN(CC5CCN(c6cccc7c6C(=O)N(N6CCC(=O)NC6=O)C7=O)CC5)CC4)c(Cl)c3)cc21. The molecule has 4 aliphatic heterocycles. The highest BCUT2D eigenvalue weighted by Crippen LogP contribution is 2.36. The van der Waals surface area contributed by atoms with Crippen LogP contribution in [0.1, 0.15) is 40.0 Å². The number of rotatable bonds is 6. The summed E-state index contributed by atoms with van der Waals surface area (Å²) in [5.41, 5.74) is 5.65. The first-order chi connectivity index (χ1) is 25.7. The summed E-state index contributed by atoms with van der Waals surface area (Å²) in [5, 5.41) is 7.07. The highest BCUT2D eigenvalue weighted by molar-refractivity contribution is 6.33. The molecule has 14 heteroatoms. The van der Waals surface area contributed by atoms with Crippen LogP contribution in [-0.4, -0.2) is 106 Å². The maximum atomic E-state index is 13.6. The molecule has 5 aromatic rings. The van der Waals surface area contributed by atoms with Gasteiger partial charge in [0.2, 0.25) is 5.91 Å². The summed E-state index contributed by atoms with van der Waals surface area (Å²) in [6.07, 6.45) is 7.60. The van der Waals surface area contributed by atoms with E-state index in [-0.39, 0.29) is 18.5 Å². The number of carbonyl (C=O) groups is 4. The molecule has 0 saturated carbocycles. The van der Waals surface area contributed by atoms with Gasteiger partial charge in [-0.15, -0.1) is 0 Å². The minimum Gasteiger partial charge on any atom is -0.371 e. The maximum Gasteiger partial charge on any atom is 0.343 e. The van der Waals surface area contributed by atoms with Gasteiger partial charge in [-0.2, -0.15) is 5.01 Å². The van der Waals surface area contributed by atoms with Gasteiger partial charge in [0.05, 0.1) is 33.9 Å². The molecule has 0 aliphatic carbocycles. The molecule has 5 amide bonds. The summed E-state index contributed by atoms with van der Waals surface area (Å²) in [5.74, 6) is -0.180. The number of hydrogen-bond donors (Lipinski definition) is 1. The molecule has 53 heavy (non-hydrogen) atoms. The lowest BCUT2D eigenvalue weighted by atomic mass is 9.94. The van der Waals surface area contributed by atoms with Gasteiger partial charge in [0.15, 0.2) is 0 Å². The van der Waals surface area contributed by atoms with Gasteiger partial charge in [-0.05, 0) is 54.7 Å². The standard InChI is InChI=1S/C39H38ClN9O4/c1-44-31-7-11-41-22-29(31)27-6-5-25(20-33(27)44)26-19-30(40)36(42-21-26)47-17-15-45(16-18-47)23-24-8-12-46(13-9-24)32-4-2-3-28-35(32)38(52)49(37(28)51)48-14-10-34(50)43-39(48)53/h2-7,11,19-22,24H,8-10,12-18,23H2,1H3,(H,43,50,53). The minimum atomic E-state index is -0.763. The molecule has 3 fully saturated rings. The molecular weight excluding hydrogens is 694 g/mol. The van der Waals surface area contributed by atoms with Gasteiger partial charge in [0.1, 0.15) is 5.82 Å². The topological polar surface area (TPSA) is 127 Å². The Morgan fingerprint density at radius 3 is 2.40 bits per heavy atom. The fourth-order valence-corrected chi connectivity index (χ4v) is 8.69. The number of hydrogen-bond acceptors (Lipinski definition) is 9. The van der Waals surface area contributed by atoms with Crippen LogP contribution in [0.4, 0.5) is 16.3 Å². The molecule has 3 saturated heterocycles. The second-order valence-corrected chi connectivity index (χ2v) is 14.7. The number of halogens is 1. The number of fused-ring (bicyclic) bond motifs is 4. The molecule has 0 spiro atoms. The van der Waals surface area contributed by atoms with Crippen molar-refractivity contribution in [3.63, 3.8) is 0 Å². The van der Waals surface area contributed by atoms with Crippen LogP contribution < -0.4 is 15.1 Å². The number of urea groups is 1. The van der Waals surface area contributed by atoms with Crippen LogP contribution in [0.5, 0.6) is 0 Å². The Hall–Kier alpha value is -5.53. The largest absolute Gasteiger partial charge is 0.371 e. The molecule has 0 unspecified atom stereocenters. The first-order valence-corrected chi connectivity index (χ1v) is 18.5. The maximum absolute atomic E-state index is 13.6. The molecule has 1 N–H and O–H groups in total. The third kappa shape index (κ3) is 5.75. The predicted octanol–water partition coefficient (Wildman–Crippen LogP) is 4.93. The van der Waals surface area contributed by atoms with Gasteiger partial charge in [-0.1, -0.05) is 29.8 Å². The molecule has 4 aliphatic rings. The van der Waals surface area contributed by atoms with Gasteiger partial charge in [-0.3, -0.25) is 29.6 Å². The molecule has 7 heterocycles. The zero-order valence-corrected chi connectivity index (χ0v) is 30.1. The van der Waals surface area contributed by atoms with Crippen molar-refractivity contribution in [3.8, 4) is 11.1 Å². The molecule has 270 valence electrons. The van der Waals surface area contributed by atoms with Gasteiger partial charge < -0.3 is 14.4 Å². The molecule has 9 rings (SSSR count). The quantitative estimate of drug-likeness (QED) is 0.242. The highest BCUT2D eigenvalue weighted by atomic mass is 35.5. The summed E-state index contributed by atoms with van der Waals surface area (Å²) in [7, 11) is 2.08. The number of piperidine rings is 1. The fraction of sp³-hybridized carbons (Fsp3) is 0.333. The molecule has 0 atom stereocenters. The lowest BCUT2D eigenvalue weighted by molar-refractivity contribution is -0.122. The Morgan fingerprint density at radius 2 is 1.62 bits per heavy atom. The minimum absolute atomic E-state index is 0.0236. The van der Waals surface area contributed by atoms with Crippen LogP contribution in [0.2, 0.25) is 5.02 Å². The Balaban J connectivity index is 0.806. The third-order valence-electron chi connectivity index (χ3n) is 11.3. The van der Waals surface area contributed by atoms with E-state index in [9.17, 15) is 19.2 Å². The van der Waals surface area contributed by atoms with Gasteiger partial charge in [0.25, 0.3) is 11.8 Å². The summed E-state index contributed by atoms with van der Waals surface area (Å²) >= 11 is 6.88. The number of piperazine rings is 1. The average molecular weight is 732 g/mol. The highest BCUT2D eigenvalue weighted by Gasteiger charge is 2.45. The molecular formula is C39H38ClN9O4. The van der Waals surface area contributed by atoms with Crippen LogP contribution in [0.15, 0.2) is 67.1 Å². The number of hydrazine groups is 1. The molecule has 0 bridgehead atoms. The number of nitrogens with one attached hydrogen (secondary N) is 1. The summed E-state index contributed by atoms with van der Waals surface area (Å²) < 4.78 is 2.20.